The Balaban J connectivity index is 1.54. The lowest BCUT2D eigenvalue weighted by Crippen LogP contribution is -2.14. The molecule has 6 rings (SSSR count). The zero-order valence-electron chi connectivity index (χ0n) is 22.9. The molecule has 1 aliphatic heterocycles. The van der Waals surface area contributed by atoms with Gasteiger partial charge in [-0.2, -0.15) is 0 Å². The average molecular weight is 567 g/mol. The van der Waals surface area contributed by atoms with Crippen LogP contribution in [0.25, 0.3) is 22.2 Å². The molecule has 3 heterocycles. The van der Waals surface area contributed by atoms with Crippen LogP contribution >= 0.6 is 11.8 Å². The van der Waals surface area contributed by atoms with Gasteiger partial charge in [-0.25, -0.2) is 9.78 Å². The zero-order valence-corrected chi connectivity index (χ0v) is 23.7. The van der Waals surface area contributed by atoms with E-state index in [0.29, 0.717) is 12.2 Å². The molecule has 0 spiro atoms. The average Bonchev–Trinajstić information content (AvgIpc) is 3.21. The number of benzene rings is 3. The van der Waals surface area contributed by atoms with Gasteiger partial charge >= 0.3 is 5.97 Å². The molecule has 0 saturated heterocycles. The van der Waals surface area contributed by atoms with Crippen molar-refractivity contribution in [2.75, 3.05) is 12.9 Å². The summed E-state index contributed by atoms with van der Waals surface area (Å²) in [5.41, 5.74) is 6.49. The van der Waals surface area contributed by atoms with Crippen LogP contribution in [0.1, 0.15) is 32.7 Å². The van der Waals surface area contributed by atoms with Gasteiger partial charge < -0.3 is 23.9 Å². The minimum atomic E-state index is -0.561. The first-order chi connectivity index (χ1) is 20.1. The maximum absolute atomic E-state index is 13.3. The minimum Gasteiger partial charge on any atom is -0.487 e. The fourth-order valence-electron chi connectivity index (χ4n) is 5.18. The van der Waals surface area contributed by atoms with Crippen LogP contribution < -0.4 is 9.47 Å². The van der Waals surface area contributed by atoms with Crippen molar-refractivity contribution in [2.45, 2.75) is 31.1 Å². The predicted molar refractivity (Wildman–Crippen MR) is 159 cm³/mol. The van der Waals surface area contributed by atoms with E-state index < -0.39 is 5.97 Å². The number of aliphatic hydroxyl groups is 1. The summed E-state index contributed by atoms with van der Waals surface area (Å²) >= 11 is 1.74. The maximum atomic E-state index is 13.3. The van der Waals surface area contributed by atoms with E-state index in [4.69, 9.17) is 19.2 Å². The van der Waals surface area contributed by atoms with Crippen molar-refractivity contribution >= 4 is 28.6 Å². The van der Waals surface area contributed by atoms with E-state index in [2.05, 4.69) is 12.1 Å². The van der Waals surface area contributed by atoms with Crippen molar-refractivity contribution in [3.05, 3.63) is 107 Å². The van der Waals surface area contributed by atoms with E-state index in [9.17, 15) is 9.90 Å². The summed E-state index contributed by atoms with van der Waals surface area (Å²) in [7, 11) is 3.31. The third kappa shape index (κ3) is 5.28. The van der Waals surface area contributed by atoms with E-state index in [0.717, 1.165) is 55.2 Å². The number of esters is 1. The van der Waals surface area contributed by atoms with Gasteiger partial charge in [0.1, 0.15) is 19.0 Å². The molecule has 7 nitrogen and oxygen atoms in total. The van der Waals surface area contributed by atoms with Gasteiger partial charge in [-0.1, -0.05) is 60.7 Å². The molecule has 0 atom stereocenters. The molecule has 0 saturated carbocycles. The lowest BCUT2D eigenvalue weighted by Gasteiger charge is -2.20. The van der Waals surface area contributed by atoms with E-state index in [-0.39, 0.29) is 31.3 Å². The largest absolute Gasteiger partial charge is 0.487 e. The number of hydrogen-bond acceptors (Lipinski definition) is 7. The van der Waals surface area contributed by atoms with Crippen molar-refractivity contribution in [3.8, 4) is 22.9 Å². The van der Waals surface area contributed by atoms with Crippen LogP contribution in [-0.4, -0.2) is 33.5 Å². The Morgan fingerprint density at radius 1 is 0.976 bits per heavy atom. The molecular weight excluding hydrogens is 536 g/mol. The number of nitrogens with zero attached hydrogens (tertiary/aromatic N) is 2. The van der Waals surface area contributed by atoms with Crippen molar-refractivity contribution in [1.29, 1.82) is 0 Å². The number of ether oxygens (including phenoxy) is 3. The predicted octanol–water partition coefficient (Wildman–Crippen LogP) is 6.33. The highest BCUT2D eigenvalue weighted by Gasteiger charge is 2.31. The topological polar surface area (TPSA) is 82.8 Å². The Bertz CT molecular complexity index is 1720. The monoisotopic (exact) mass is 566 g/mol. The first kappa shape index (κ1) is 26.9. The van der Waals surface area contributed by atoms with Gasteiger partial charge in [0.2, 0.25) is 5.88 Å². The number of fused-ring (bicyclic) bond motifs is 4. The number of aromatic nitrogens is 2. The molecule has 2 aromatic heterocycles. The first-order valence-corrected chi connectivity index (χ1v) is 14.4. The zero-order chi connectivity index (χ0) is 28.3. The van der Waals surface area contributed by atoms with Gasteiger partial charge in [-0.3, -0.25) is 0 Å². The highest BCUT2D eigenvalue weighted by Crippen LogP contribution is 2.46. The van der Waals surface area contributed by atoms with Crippen LogP contribution in [-0.2, 0) is 38.0 Å². The fourth-order valence-corrected chi connectivity index (χ4v) is 6.21. The maximum Gasteiger partial charge on any atom is 0.347 e. The molecule has 1 N–H and O–H groups in total. The van der Waals surface area contributed by atoms with Crippen molar-refractivity contribution < 1.29 is 24.1 Å². The minimum absolute atomic E-state index is 0.0464. The summed E-state index contributed by atoms with van der Waals surface area (Å²) in [6, 6.07) is 25.8. The summed E-state index contributed by atoms with van der Waals surface area (Å²) in [5, 5.41) is 10.9. The SMILES string of the molecule is COC(=O)c1c(OCc2ccccc2)nc2c(c1OCc1ccccc1)CCSc1cc3c(cc1-2)cc(CO)n3C. The second kappa shape index (κ2) is 11.7. The quantitative estimate of drug-likeness (QED) is 0.220. The molecule has 208 valence electrons. The molecule has 1 aliphatic rings. The fraction of sp³-hybridized carbons (Fsp3) is 0.212. The Kier molecular flexibility index (Phi) is 7.67. The lowest BCUT2D eigenvalue weighted by atomic mass is 9.99. The molecule has 8 heteroatoms. The van der Waals surface area contributed by atoms with Crippen molar-refractivity contribution in [1.82, 2.24) is 9.55 Å². The standard InChI is InChI=1S/C33H30N2O5S/c1-35-24(18-36)15-23-16-26-28(17-27(23)35)41-14-13-25-30(26)34-32(40-20-22-11-7-4-8-12-22)29(33(37)38-2)31(25)39-19-21-9-5-3-6-10-21/h3-12,15-17,36H,13-14,18-20H2,1-2H3. The molecule has 3 aromatic carbocycles. The van der Waals surface area contributed by atoms with Crippen LogP contribution in [0.4, 0.5) is 0 Å². The molecular formula is C33H30N2O5S. The molecule has 0 bridgehead atoms. The number of rotatable bonds is 8. The van der Waals surface area contributed by atoms with Crippen molar-refractivity contribution in [2.24, 2.45) is 7.05 Å². The molecule has 0 fully saturated rings. The molecule has 5 aromatic rings. The van der Waals surface area contributed by atoms with Crippen LogP contribution in [0.5, 0.6) is 11.6 Å². The second-order valence-corrected chi connectivity index (χ2v) is 11.0. The number of aryl methyl sites for hydroxylation is 1. The number of carbonyl (C=O) groups is 1. The number of thioether (sulfide) groups is 1. The van der Waals surface area contributed by atoms with Crippen LogP contribution in [0, 0.1) is 0 Å². The van der Waals surface area contributed by atoms with E-state index in [1.807, 2.05) is 78.3 Å². The third-order valence-electron chi connectivity index (χ3n) is 7.32. The molecule has 0 radical (unpaired) electrons. The lowest BCUT2D eigenvalue weighted by molar-refractivity contribution is 0.0588. The summed E-state index contributed by atoms with van der Waals surface area (Å²) in [6.45, 7) is 0.459. The Labute approximate surface area is 242 Å². The van der Waals surface area contributed by atoms with Crippen LogP contribution in [0.15, 0.2) is 83.8 Å². The van der Waals surface area contributed by atoms with E-state index in [1.54, 1.807) is 11.8 Å². The molecule has 0 unspecified atom stereocenters. The third-order valence-corrected chi connectivity index (χ3v) is 8.38. The molecule has 0 aliphatic carbocycles. The Morgan fingerprint density at radius 2 is 1.66 bits per heavy atom. The Hall–Kier alpha value is -4.27. The summed E-state index contributed by atoms with van der Waals surface area (Å²) in [6.07, 6.45) is 0.646. The van der Waals surface area contributed by atoms with Gasteiger partial charge in [0.05, 0.1) is 19.4 Å². The molecule has 41 heavy (non-hydrogen) atoms. The van der Waals surface area contributed by atoms with Crippen molar-refractivity contribution in [3.63, 3.8) is 0 Å². The Morgan fingerprint density at radius 3 is 2.32 bits per heavy atom. The number of carbonyl (C=O) groups excluding carboxylic acids is 1. The summed E-state index contributed by atoms with van der Waals surface area (Å²) in [5.74, 6) is 0.822. The number of methoxy groups -OCH3 is 1. The second-order valence-electron chi connectivity index (χ2n) is 9.85. The van der Waals surface area contributed by atoms with E-state index >= 15 is 0 Å². The highest BCUT2D eigenvalue weighted by atomic mass is 32.2. The highest BCUT2D eigenvalue weighted by molar-refractivity contribution is 7.99. The van der Waals surface area contributed by atoms with Gasteiger partial charge in [-0.05, 0) is 35.7 Å². The van der Waals surface area contributed by atoms with Gasteiger partial charge in [0.15, 0.2) is 5.56 Å². The smallest absolute Gasteiger partial charge is 0.347 e. The van der Waals surface area contributed by atoms with Crippen LogP contribution in [0.3, 0.4) is 0 Å². The number of pyridine rings is 1. The first-order valence-electron chi connectivity index (χ1n) is 13.4. The number of hydrogen-bond donors (Lipinski definition) is 1. The number of aliphatic hydroxyl groups excluding tert-OH is 1. The van der Waals surface area contributed by atoms with Gasteiger partial charge in [0.25, 0.3) is 0 Å². The summed E-state index contributed by atoms with van der Waals surface area (Å²) in [4.78, 5) is 19.4. The normalized spacial score (nSPS) is 12.4. The van der Waals surface area contributed by atoms with Gasteiger partial charge in [-0.15, -0.1) is 11.8 Å². The van der Waals surface area contributed by atoms with Gasteiger partial charge in [0, 0.05) is 45.4 Å². The van der Waals surface area contributed by atoms with E-state index in [1.165, 1.54) is 7.11 Å². The molecule has 0 amide bonds. The van der Waals surface area contributed by atoms with Crippen LogP contribution in [0.2, 0.25) is 0 Å². The summed E-state index contributed by atoms with van der Waals surface area (Å²) < 4.78 is 20.0.